The van der Waals surface area contributed by atoms with E-state index in [1.165, 1.54) is 0 Å². The van der Waals surface area contributed by atoms with Crippen molar-refractivity contribution in [1.29, 1.82) is 0 Å². The van der Waals surface area contributed by atoms with Gasteiger partial charge in [-0.2, -0.15) is 0 Å². The van der Waals surface area contributed by atoms with E-state index >= 15 is 0 Å². The molecule has 1 aromatic carbocycles. The molecule has 0 heterocycles. The van der Waals surface area contributed by atoms with Crippen molar-refractivity contribution < 1.29 is 19.8 Å². The first-order valence-electron chi connectivity index (χ1n) is 10.4. The van der Waals surface area contributed by atoms with Gasteiger partial charge in [-0.1, -0.05) is 62.6 Å². The number of allylic oxidation sites excluding steroid dienone is 4. The molecule has 152 valence electrons. The lowest BCUT2D eigenvalue weighted by Crippen LogP contribution is -2.01. The smallest absolute Gasteiger partial charge is 0.303 e. The van der Waals surface area contributed by atoms with E-state index in [9.17, 15) is 14.7 Å². The fraction of sp³-hybridized carbons (Fsp3) is 0.500. The Morgan fingerprint density at radius 2 is 1.93 bits per heavy atom. The van der Waals surface area contributed by atoms with Crippen LogP contribution in [0.5, 0.6) is 0 Å². The van der Waals surface area contributed by atoms with Crippen LogP contribution < -0.4 is 0 Å². The zero-order chi connectivity index (χ0) is 20.4. The Labute approximate surface area is 168 Å². The quantitative estimate of drug-likeness (QED) is 0.370. The van der Waals surface area contributed by atoms with E-state index in [0.717, 1.165) is 55.2 Å². The van der Waals surface area contributed by atoms with Crippen molar-refractivity contribution in [3.8, 4) is 0 Å². The van der Waals surface area contributed by atoms with Gasteiger partial charge in [0, 0.05) is 12.8 Å². The molecule has 1 aliphatic rings. The van der Waals surface area contributed by atoms with Crippen molar-refractivity contribution in [1.82, 2.24) is 0 Å². The van der Waals surface area contributed by atoms with Crippen LogP contribution in [0.4, 0.5) is 0 Å². The van der Waals surface area contributed by atoms with Gasteiger partial charge in [-0.15, -0.1) is 0 Å². The Hall–Kier alpha value is -2.20. The van der Waals surface area contributed by atoms with Gasteiger partial charge in [-0.3, -0.25) is 9.59 Å². The summed E-state index contributed by atoms with van der Waals surface area (Å²) in [6.45, 7) is 2.15. The molecule has 1 unspecified atom stereocenters. The van der Waals surface area contributed by atoms with Gasteiger partial charge in [0.1, 0.15) is 0 Å². The van der Waals surface area contributed by atoms with Crippen LogP contribution in [0.15, 0.2) is 42.5 Å². The average Bonchev–Trinajstić information content (AvgIpc) is 3.05. The third kappa shape index (κ3) is 7.08. The van der Waals surface area contributed by atoms with E-state index in [1.54, 1.807) is 6.08 Å². The van der Waals surface area contributed by atoms with Crippen LogP contribution in [0, 0.1) is 5.92 Å². The Morgan fingerprint density at radius 3 is 2.61 bits per heavy atom. The van der Waals surface area contributed by atoms with E-state index < -0.39 is 12.1 Å². The van der Waals surface area contributed by atoms with Gasteiger partial charge in [-0.05, 0) is 54.4 Å². The molecule has 0 saturated heterocycles. The lowest BCUT2D eigenvalue weighted by molar-refractivity contribution is -0.137. The fourth-order valence-corrected chi connectivity index (χ4v) is 3.63. The van der Waals surface area contributed by atoms with Crippen molar-refractivity contribution in [2.24, 2.45) is 5.92 Å². The number of unbranched alkanes of at least 4 members (excludes halogenated alkanes) is 3. The number of carbonyl (C=O) groups is 2. The van der Waals surface area contributed by atoms with Crippen molar-refractivity contribution >= 4 is 17.3 Å². The molecule has 0 amide bonds. The lowest BCUT2D eigenvalue weighted by atomic mass is 9.91. The summed E-state index contributed by atoms with van der Waals surface area (Å²) < 4.78 is 0. The topological polar surface area (TPSA) is 74.6 Å². The minimum absolute atomic E-state index is 0.156. The second kappa shape index (κ2) is 11.6. The minimum Gasteiger partial charge on any atom is -0.481 e. The number of carboxylic acid groups (broad SMARTS) is 1. The van der Waals surface area contributed by atoms with E-state index in [2.05, 4.69) is 13.0 Å². The summed E-state index contributed by atoms with van der Waals surface area (Å²) in [5, 5.41) is 19.0. The third-order valence-corrected chi connectivity index (χ3v) is 5.26. The first-order chi connectivity index (χ1) is 13.5. The summed E-state index contributed by atoms with van der Waals surface area (Å²) in [5.74, 6) is -0.439. The second-order valence-corrected chi connectivity index (χ2v) is 7.59. The lowest BCUT2D eigenvalue weighted by Gasteiger charge is -2.15. The van der Waals surface area contributed by atoms with Gasteiger partial charge in [0.05, 0.1) is 6.10 Å². The summed E-state index contributed by atoms with van der Waals surface area (Å²) in [6, 6.07) is 7.95. The standard InChI is InChI=1S/C24H32O4/c1-2-3-6-10-23(26)19-14-12-18(13-15-19)22-17-21(25)16-20(22)9-7-4-5-8-11-24(27)28/h4,7,12-15,17,20,23,26H,2-3,5-6,8-11,16H2,1H3,(H,27,28)/b7-4-/t20-,23?/m0/s1. The van der Waals surface area contributed by atoms with Crippen LogP contribution in [-0.4, -0.2) is 22.0 Å². The zero-order valence-electron chi connectivity index (χ0n) is 16.8. The Kier molecular flexibility index (Phi) is 9.15. The number of aliphatic carboxylic acids is 1. The highest BCUT2D eigenvalue weighted by atomic mass is 16.4. The maximum Gasteiger partial charge on any atom is 0.303 e. The van der Waals surface area contributed by atoms with Crippen molar-refractivity contribution in [3.63, 3.8) is 0 Å². The molecule has 2 rings (SSSR count). The number of aliphatic hydroxyl groups is 1. The highest BCUT2D eigenvalue weighted by Gasteiger charge is 2.24. The third-order valence-electron chi connectivity index (χ3n) is 5.26. The number of benzene rings is 1. The molecule has 0 radical (unpaired) electrons. The number of carboxylic acids is 1. The molecule has 0 fully saturated rings. The summed E-state index contributed by atoms with van der Waals surface area (Å²) in [7, 11) is 0. The van der Waals surface area contributed by atoms with Crippen molar-refractivity contribution in [2.75, 3.05) is 0 Å². The molecule has 0 saturated carbocycles. The number of carbonyl (C=O) groups excluding carboxylic acids is 1. The highest BCUT2D eigenvalue weighted by Crippen LogP contribution is 2.35. The number of hydrogen-bond donors (Lipinski definition) is 2. The molecule has 0 bridgehead atoms. The maximum atomic E-state index is 12.0. The first-order valence-corrected chi connectivity index (χ1v) is 10.4. The van der Waals surface area contributed by atoms with Crippen LogP contribution in [0.2, 0.25) is 0 Å². The van der Waals surface area contributed by atoms with Crippen LogP contribution in [0.3, 0.4) is 0 Å². The highest BCUT2D eigenvalue weighted by molar-refractivity contribution is 6.02. The Bertz CT molecular complexity index is 700. The molecular weight excluding hydrogens is 352 g/mol. The van der Waals surface area contributed by atoms with Gasteiger partial charge < -0.3 is 10.2 Å². The van der Waals surface area contributed by atoms with Gasteiger partial charge in [0.25, 0.3) is 0 Å². The number of aliphatic hydroxyl groups excluding tert-OH is 1. The summed E-state index contributed by atoms with van der Waals surface area (Å²) in [5.41, 5.74) is 3.03. The molecule has 0 spiro atoms. The molecular formula is C24H32O4. The fourth-order valence-electron chi connectivity index (χ4n) is 3.63. The molecule has 28 heavy (non-hydrogen) atoms. The van der Waals surface area contributed by atoms with Crippen LogP contribution in [-0.2, 0) is 9.59 Å². The maximum absolute atomic E-state index is 12.0. The monoisotopic (exact) mass is 384 g/mol. The van der Waals surface area contributed by atoms with Crippen LogP contribution in [0.25, 0.3) is 5.57 Å². The summed E-state index contributed by atoms with van der Waals surface area (Å²) in [4.78, 5) is 22.5. The average molecular weight is 385 g/mol. The summed E-state index contributed by atoms with van der Waals surface area (Å²) in [6.07, 6.45) is 12.4. The molecule has 1 aliphatic carbocycles. The van der Waals surface area contributed by atoms with Gasteiger partial charge in [-0.25, -0.2) is 0 Å². The molecule has 4 heteroatoms. The van der Waals surface area contributed by atoms with E-state index in [4.69, 9.17) is 5.11 Å². The molecule has 4 nitrogen and oxygen atoms in total. The normalized spacial score (nSPS) is 17.9. The number of hydrogen-bond acceptors (Lipinski definition) is 3. The van der Waals surface area contributed by atoms with Gasteiger partial charge >= 0.3 is 5.97 Å². The molecule has 2 atom stereocenters. The molecule has 2 N–H and O–H groups in total. The molecule has 0 aromatic heterocycles. The van der Waals surface area contributed by atoms with E-state index in [0.29, 0.717) is 12.8 Å². The van der Waals surface area contributed by atoms with Crippen molar-refractivity contribution in [3.05, 3.63) is 53.6 Å². The SMILES string of the molecule is CCCCCC(O)c1ccc(C2=CC(=O)C[C@@H]2C/C=C\CCCC(=O)O)cc1. The number of ketones is 1. The Morgan fingerprint density at radius 1 is 1.18 bits per heavy atom. The minimum atomic E-state index is -0.765. The zero-order valence-corrected chi connectivity index (χ0v) is 16.8. The molecule has 0 aliphatic heterocycles. The van der Waals surface area contributed by atoms with Crippen LogP contribution in [0.1, 0.15) is 81.9 Å². The first kappa shape index (κ1) is 22.1. The Balaban J connectivity index is 1.92. The van der Waals surface area contributed by atoms with Crippen molar-refractivity contribution in [2.45, 2.75) is 70.8 Å². The van der Waals surface area contributed by atoms with Crippen LogP contribution >= 0.6 is 0 Å². The van der Waals surface area contributed by atoms with Gasteiger partial charge in [0.2, 0.25) is 0 Å². The van der Waals surface area contributed by atoms with Gasteiger partial charge in [0.15, 0.2) is 5.78 Å². The van der Waals surface area contributed by atoms with E-state index in [1.807, 2.05) is 30.3 Å². The second-order valence-electron chi connectivity index (χ2n) is 7.59. The largest absolute Gasteiger partial charge is 0.481 e. The molecule has 1 aromatic rings. The summed E-state index contributed by atoms with van der Waals surface area (Å²) >= 11 is 0. The predicted octanol–water partition coefficient (Wildman–Crippen LogP) is 5.47. The predicted molar refractivity (Wildman–Crippen MR) is 112 cm³/mol. The number of rotatable bonds is 12. The van der Waals surface area contributed by atoms with E-state index in [-0.39, 0.29) is 18.1 Å².